The van der Waals surface area contributed by atoms with Gasteiger partial charge in [-0.2, -0.15) is 0 Å². The van der Waals surface area contributed by atoms with E-state index in [4.69, 9.17) is 4.74 Å². The van der Waals surface area contributed by atoms with Gasteiger partial charge in [0.05, 0.1) is 18.4 Å². The van der Waals surface area contributed by atoms with E-state index < -0.39 is 0 Å². The van der Waals surface area contributed by atoms with E-state index in [0.717, 1.165) is 11.3 Å². The predicted octanol–water partition coefficient (Wildman–Crippen LogP) is 1.33. The Kier molecular flexibility index (Phi) is 4.62. The molecule has 0 aliphatic heterocycles. The van der Waals surface area contributed by atoms with Crippen LogP contribution in [0.5, 0.6) is 5.75 Å². The molecule has 0 aliphatic carbocycles. The molecular weight excluding hydrogens is 276 g/mol. The molecule has 0 radical (unpaired) electrons. The Morgan fingerprint density at radius 2 is 2.15 bits per heavy atom. The van der Waals surface area contributed by atoms with Crippen molar-refractivity contribution in [3.8, 4) is 17.1 Å². The van der Waals surface area contributed by atoms with Gasteiger partial charge in [0.1, 0.15) is 5.75 Å². The number of para-hydroxylation sites is 1. The van der Waals surface area contributed by atoms with Crippen LogP contribution in [-0.2, 0) is 11.8 Å². The number of hydrogen-bond acceptors (Lipinski definition) is 5. The first-order chi connectivity index (χ1) is 9.67. The minimum Gasteiger partial charge on any atom is -0.496 e. The van der Waals surface area contributed by atoms with Gasteiger partial charge in [0.2, 0.25) is 5.91 Å². The minimum atomic E-state index is -0.0446. The molecule has 2 rings (SSSR count). The lowest BCUT2D eigenvalue weighted by Crippen LogP contribution is -2.20. The summed E-state index contributed by atoms with van der Waals surface area (Å²) in [4.78, 5) is 11.3. The van der Waals surface area contributed by atoms with Gasteiger partial charge < -0.3 is 14.6 Å². The van der Waals surface area contributed by atoms with Gasteiger partial charge in [-0.15, -0.1) is 10.2 Å². The molecular formula is C13H16N4O2S. The maximum Gasteiger partial charge on any atom is 0.230 e. The summed E-state index contributed by atoms with van der Waals surface area (Å²) in [6.45, 7) is 0. The lowest BCUT2D eigenvalue weighted by molar-refractivity contribution is -0.118. The molecule has 1 heterocycles. The van der Waals surface area contributed by atoms with E-state index in [-0.39, 0.29) is 5.91 Å². The van der Waals surface area contributed by atoms with Crippen LogP contribution in [0.3, 0.4) is 0 Å². The van der Waals surface area contributed by atoms with E-state index in [0.29, 0.717) is 16.7 Å². The van der Waals surface area contributed by atoms with Crippen molar-refractivity contribution in [2.45, 2.75) is 5.16 Å². The monoisotopic (exact) mass is 292 g/mol. The van der Waals surface area contributed by atoms with E-state index >= 15 is 0 Å². The van der Waals surface area contributed by atoms with Gasteiger partial charge in [0.15, 0.2) is 11.0 Å². The molecule has 0 unspecified atom stereocenters. The predicted molar refractivity (Wildman–Crippen MR) is 77.8 cm³/mol. The molecule has 0 aliphatic rings. The van der Waals surface area contributed by atoms with Crippen molar-refractivity contribution in [3.63, 3.8) is 0 Å². The number of aromatic nitrogens is 3. The number of rotatable bonds is 5. The van der Waals surface area contributed by atoms with Crippen molar-refractivity contribution in [1.29, 1.82) is 0 Å². The normalized spacial score (nSPS) is 10.3. The molecule has 106 valence electrons. The first-order valence-corrected chi connectivity index (χ1v) is 7.02. The lowest BCUT2D eigenvalue weighted by Gasteiger charge is -2.07. The summed E-state index contributed by atoms with van der Waals surface area (Å²) in [6.07, 6.45) is 0. The number of nitrogens with zero attached hydrogens (tertiary/aromatic N) is 3. The number of methoxy groups -OCH3 is 1. The highest BCUT2D eigenvalue weighted by molar-refractivity contribution is 7.99. The number of benzene rings is 1. The Labute approximate surface area is 121 Å². The van der Waals surface area contributed by atoms with Crippen molar-refractivity contribution in [1.82, 2.24) is 20.1 Å². The van der Waals surface area contributed by atoms with Gasteiger partial charge in [-0.3, -0.25) is 4.79 Å². The molecule has 2 aromatic rings. The van der Waals surface area contributed by atoms with Crippen LogP contribution in [0.15, 0.2) is 29.4 Å². The number of carbonyl (C=O) groups excluding carboxylic acids is 1. The maximum absolute atomic E-state index is 11.3. The van der Waals surface area contributed by atoms with Crippen LogP contribution < -0.4 is 10.1 Å². The molecule has 1 amide bonds. The fraction of sp³-hybridized carbons (Fsp3) is 0.308. The zero-order chi connectivity index (χ0) is 14.5. The summed E-state index contributed by atoms with van der Waals surface area (Å²) < 4.78 is 7.18. The standard InChI is InChI=1S/C13H16N4O2S/c1-14-11(18)8-20-13-16-15-12(17(13)2)9-6-4-5-7-10(9)19-3/h4-7H,8H2,1-3H3,(H,14,18). The van der Waals surface area contributed by atoms with Crippen LogP contribution in [0.25, 0.3) is 11.4 Å². The van der Waals surface area contributed by atoms with Crippen LogP contribution in [0, 0.1) is 0 Å². The van der Waals surface area contributed by atoms with Crippen molar-refractivity contribution in [2.24, 2.45) is 7.05 Å². The molecule has 7 heteroatoms. The topological polar surface area (TPSA) is 69.0 Å². The maximum atomic E-state index is 11.3. The van der Waals surface area contributed by atoms with Crippen LogP contribution >= 0.6 is 11.8 Å². The first-order valence-electron chi connectivity index (χ1n) is 6.03. The number of nitrogens with one attached hydrogen (secondary N) is 1. The highest BCUT2D eigenvalue weighted by Gasteiger charge is 2.15. The van der Waals surface area contributed by atoms with Crippen molar-refractivity contribution < 1.29 is 9.53 Å². The van der Waals surface area contributed by atoms with Gasteiger partial charge in [0.25, 0.3) is 0 Å². The van der Waals surface area contributed by atoms with Crippen LogP contribution in [-0.4, -0.2) is 40.6 Å². The average molecular weight is 292 g/mol. The average Bonchev–Trinajstić information content (AvgIpc) is 2.85. The Morgan fingerprint density at radius 1 is 1.40 bits per heavy atom. The Bertz CT molecular complexity index is 612. The van der Waals surface area contributed by atoms with Crippen molar-refractivity contribution in [3.05, 3.63) is 24.3 Å². The summed E-state index contributed by atoms with van der Waals surface area (Å²) in [5.41, 5.74) is 0.872. The quantitative estimate of drug-likeness (QED) is 0.842. The molecule has 20 heavy (non-hydrogen) atoms. The largest absolute Gasteiger partial charge is 0.496 e. The van der Waals surface area contributed by atoms with E-state index in [1.165, 1.54) is 11.8 Å². The minimum absolute atomic E-state index is 0.0446. The SMILES string of the molecule is CNC(=O)CSc1nnc(-c2ccccc2OC)n1C. The van der Waals surface area contributed by atoms with Gasteiger partial charge in [0, 0.05) is 14.1 Å². The molecule has 1 N–H and O–H groups in total. The molecule has 6 nitrogen and oxygen atoms in total. The lowest BCUT2D eigenvalue weighted by atomic mass is 10.2. The fourth-order valence-corrected chi connectivity index (χ4v) is 2.49. The van der Waals surface area contributed by atoms with Crippen LogP contribution in [0.1, 0.15) is 0 Å². The highest BCUT2D eigenvalue weighted by Crippen LogP contribution is 2.29. The Balaban J connectivity index is 2.26. The van der Waals surface area contributed by atoms with E-state index in [2.05, 4.69) is 15.5 Å². The number of thioether (sulfide) groups is 1. The first kappa shape index (κ1) is 14.4. The molecule has 1 aromatic heterocycles. The van der Waals surface area contributed by atoms with Crippen LogP contribution in [0.4, 0.5) is 0 Å². The fourth-order valence-electron chi connectivity index (χ4n) is 1.71. The van der Waals surface area contributed by atoms with Gasteiger partial charge in [-0.1, -0.05) is 23.9 Å². The van der Waals surface area contributed by atoms with Crippen molar-refractivity contribution in [2.75, 3.05) is 19.9 Å². The molecule has 0 atom stereocenters. The third-order valence-corrected chi connectivity index (χ3v) is 3.81. The van der Waals surface area contributed by atoms with E-state index in [1.54, 1.807) is 14.2 Å². The smallest absolute Gasteiger partial charge is 0.230 e. The summed E-state index contributed by atoms with van der Waals surface area (Å²) >= 11 is 1.35. The zero-order valence-electron chi connectivity index (χ0n) is 11.6. The number of carbonyl (C=O) groups is 1. The van der Waals surface area contributed by atoms with E-state index in [9.17, 15) is 4.79 Å². The second-order valence-corrected chi connectivity index (χ2v) is 4.97. The summed E-state index contributed by atoms with van der Waals surface area (Å²) in [5.74, 6) is 1.72. The second-order valence-electron chi connectivity index (χ2n) is 4.03. The molecule has 0 saturated carbocycles. The highest BCUT2D eigenvalue weighted by atomic mass is 32.2. The molecule has 0 spiro atoms. The van der Waals surface area contributed by atoms with Gasteiger partial charge >= 0.3 is 0 Å². The third-order valence-electron chi connectivity index (χ3n) is 2.79. The Morgan fingerprint density at radius 3 is 2.85 bits per heavy atom. The molecule has 0 bridgehead atoms. The third kappa shape index (κ3) is 2.93. The number of ether oxygens (including phenoxy) is 1. The van der Waals surface area contributed by atoms with Crippen molar-refractivity contribution >= 4 is 17.7 Å². The number of amides is 1. The molecule has 0 saturated heterocycles. The second kappa shape index (κ2) is 6.42. The van der Waals surface area contributed by atoms with E-state index in [1.807, 2.05) is 35.9 Å². The van der Waals surface area contributed by atoms with Gasteiger partial charge in [-0.25, -0.2) is 0 Å². The molecule has 0 fully saturated rings. The zero-order valence-corrected chi connectivity index (χ0v) is 12.4. The van der Waals surface area contributed by atoms with Crippen LogP contribution in [0.2, 0.25) is 0 Å². The number of hydrogen-bond donors (Lipinski definition) is 1. The van der Waals surface area contributed by atoms with Gasteiger partial charge in [-0.05, 0) is 12.1 Å². The summed E-state index contributed by atoms with van der Waals surface area (Å²) in [6, 6.07) is 7.63. The molecule has 1 aromatic carbocycles. The Hall–Kier alpha value is -2.02. The summed E-state index contributed by atoms with van der Waals surface area (Å²) in [7, 11) is 5.10. The summed E-state index contributed by atoms with van der Waals surface area (Å²) in [5, 5.41) is 11.6.